The highest BCUT2D eigenvalue weighted by Gasteiger charge is 2.08. The van der Waals surface area contributed by atoms with Crippen molar-refractivity contribution in [2.24, 2.45) is 4.99 Å². The first kappa shape index (κ1) is 10.7. The molecule has 0 saturated carbocycles. The van der Waals surface area contributed by atoms with Gasteiger partial charge in [-0.1, -0.05) is 0 Å². The van der Waals surface area contributed by atoms with E-state index in [0.29, 0.717) is 5.69 Å². The van der Waals surface area contributed by atoms with E-state index in [0.717, 1.165) is 4.90 Å². The van der Waals surface area contributed by atoms with Crippen LogP contribution in [-0.4, -0.2) is 17.4 Å². The maximum atomic E-state index is 10.5. The molecular weight excluding hydrogens is 200 g/mol. The second kappa shape index (κ2) is 4.76. The lowest BCUT2D eigenvalue weighted by atomic mass is 10.3. The zero-order chi connectivity index (χ0) is 10.6. The maximum Gasteiger partial charge on any atom is 0.271 e. The van der Waals surface area contributed by atoms with Crippen LogP contribution in [0.5, 0.6) is 0 Å². The molecule has 0 fully saturated rings. The van der Waals surface area contributed by atoms with Crippen molar-refractivity contribution >= 4 is 29.4 Å². The number of nitrogens with zero attached hydrogens (tertiary/aromatic N) is 2. The minimum Gasteiger partial charge on any atom is -0.260 e. The fraction of sp³-hybridized carbons (Fsp3) is 0.222. The predicted octanol–water partition coefficient (Wildman–Crippen LogP) is 3.04. The summed E-state index contributed by atoms with van der Waals surface area (Å²) in [5.74, 6) is 0. The standard InChI is InChI=1S/C9H10N2O2S/c1-3-10-8-6-7(11(12)13)4-5-9(8)14-2/h3-6H,1-2H3/b10-3+. The Bertz CT molecular complexity index is 377. The van der Waals surface area contributed by atoms with Gasteiger partial charge < -0.3 is 0 Å². The van der Waals surface area contributed by atoms with Crippen LogP contribution in [0.15, 0.2) is 28.1 Å². The van der Waals surface area contributed by atoms with Crippen LogP contribution in [0.3, 0.4) is 0 Å². The van der Waals surface area contributed by atoms with Crippen molar-refractivity contribution in [3.05, 3.63) is 28.3 Å². The molecule has 0 spiro atoms. The van der Waals surface area contributed by atoms with Crippen LogP contribution < -0.4 is 0 Å². The number of aliphatic imine (C=N–C) groups is 1. The Kier molecular flexibility index (Phi) is 3.64. The number of non-ortho nitro benzene ring substituents is 1. The molecule has 0 aliphatic heterocycles. The van der Waals surface area contributed by atoms with Gasteiger partial charge in [0.1, 0.15) is 0 Å². The van der Waals surface area contributed by atoms with Gasteiger partial charge in [-0.15, -0.1) is 11.8 Å². The van der Waals surface area contributed by atoms with Crippen molar-refractivity contribution in [2.75, 3.05) is 6.26 Å². The number of nitro groups is 1. The van der Waals surface area contributed by atoms with Gasteiger partial charge in [-0.2, -0.15) is 0 Å². The summed E-state index contributed by atoms with van der Waals surface area (Å²) in [6.45, 7) is 1.78. The summed E-state index contributed by atoms with van der Waals surface area (Å²) in [4.78, 5) is 15.1. The molecule has 0 aromatic heterocycles. The van der Waals surface area contributed by atoms with Gasteiger partial charge in [0.05, 0.1) is 10.6 Å². The van der Waals surface area contributed by atoms with Crippen LogP contribution in [0.2, 0.25) is 0 Å². The predicted molar refractivity (Wildman–Crippen MR) is 58.7 cm³/mol. The van der Waals surface area contributed by atoms with Gasteiger partial charge in [-0.25, -0.2) is 0 Å². The molecule has 0 amide bonds. The Morgan fingerprint density at radius 3 is 2.79 bits per heavy atom. The molecule has 5 heteroatoms. The molecule has 14 heavy (non-hydrogen) atoms. The van der Waals surface area contributed by atoms with Gasteiger partial charge in [0.15, 0.2) is 0 Å². The second-order valence-corrected chi connectivity index (χ2v) is 3.35. The molecule has 0 radical (unpaired) electrons. The Morgan fingerprint density at radius 2 is 2.29 bits per heavy atom. The SMILES string of the molecule is C/C=N/c1cc([N+](=O)[O-])ccc1SC. The van der Waals surface area contributed by atoms with Gasteiger partial charge in [-0.05, 0) is 19.2 Å². The minimum atomic E-state index is -0.418. The Morgan fingerprint density at radius 1 is 1.57 bits per heavy atom. The topological polar surface area (TPSA) is 55.5 Å². The van der Waals surface area contributed by atoms with Crippen molar-refractivity contribution in [1.29, 1.82) is 0 Å². The summed E-state index contributed by atoms with van der Waals surface area (Å²) in [6, 6.07) is 4.68. The van der Waals surface area contributed by atoms with Gasteiger partial charge in [0.25, 0.3) is 5.69 Å². The monoisotopic (exact) mass is 210 g/mol. The quantitative estimate of drug-likeness (QED) is 0.333. The normalized spacial score (nSPS) is 10.7. The third-order valence-electron chi connectivity index (χ3n) is 1.64. The molecule has 1 aromatic carbocycles. The summed E-state index contributed by atoms with van der Waals surface area (Å²) >= 11 is 1.52. The lowest BCUT2D eigenvalue weighted by Gasteiger charge is -2.00. The van der Waals surface area contributed by atoms with Crippen molar-refractivity contribution in [1.82, 2.24) is 0 Å². The first-order chi connectivity index (χ1) is 6.69. The number of thioether (sulfide) groups is 1. The Labute approximate surface area is 86.2 Å². The van der Waals surface area contributed by atoms with E-state index in [1.54, 1.807) is 19.2 Å². The van der Waals surface area contributed by atoms with Crippen molar-refractivity contribution in [3.63, 3.8) is 0 Å². The highest BCUT2D eigenvalue weighted by molar-refractivity contribution is 7.98. The second-order valence-electron chi connectivity index (χ2n) is 2.50. The molecule has 0 saturated heterocycles. The van der Waals surface area contributed by atoms with Gasteiger partial charge in [0.2, 0.25) is 0 Å². The summed E-state index contributed by atoms with van der Waals surface area (Å²) < 4.78 is 0. The van der Waals surface area contributed by atoms with Crippen LogP contribution in [0, 0.1) is 10.1 Å². The fourth-order valence-corrected chi connectivity index (χ4v) is 1.56. The zero-order valence-corrected chi connectivity index (χ0v) is 8.75. The number of hydrogen-bond donors (Lipinski definition) is 0. The van der Waals surface area contributed by atoms with Gasteiger partial charge in [-0.3, -0.25) is 15.1 Å². The van der Waals surface area contributed by atoms with Crippen molar-refractivity contribution in [2.45, 2.75) is 11.8 Å². The lowest BCUT2D eigenvalue weighted by molar-refractivity contribution is -0.384. The number of rotatable bonds is 3. The smallest absolute Gasteiger partial charge is 0.260 e. The average molecular weight is 210 g/mol. The molecule has 4 nitrogen and oxygen atoms in total. The van der Waals surface area contributed by atoms with E-state index in [2.05, 4.69) is 4.99 Å². The van der Waals surface area contributed by atoms with Crippen LogP contribution in [-0.2, 0) is 0 Å². The van der Waals surface area contributed by atoms with Crippen LogP contribution in [0.25, 0.3) is 0 Å². The number of benzene rings is 1. The molecule has 1 rings (SSSR count). The molecule has 0 bridgehead atoms. The van der Waals surface area contributed by atoms with E-state index in [1.807, 2.05) is 6.26 Å². The zero-order valence-electron chi connectivity index (χ0n) is 7.93. The summed E-state index contributed by atoms with van der Waals surface area (Å²) in [5, 5.41) is 10.5. The third-order valence-corrected chi connectivity index (χ3v) is 2.43. The first-order valence-corrected chi connectivity index (χ1v) is 5.22. The van der Waals surface area contributed by atoms with E-state index < -0.39 is 4.92 Å². The molecule has 0 aliphatic rings. The van der Waals surface area contributed by atoms with Crippen LogP contribution in [0.1, 0.15) is 6.92 Å². The maximum absolute atomic E-state index is 10.5. The first-order valence-electron chi connectivity index (χ1n) is 4.00. The molecule has 0 N–H and O–H groups in total. The number of hydrogen-bond acceptors (Lipinski definition) is 4. The van der Waals surface area contributed by atoms with Crippen molar-refractivity contribution in [3.8, 4) is 0 Å². The lowest BCUT2D eigenvalue weighted by Crippen LogP contribution is -1.87. The van der Waals surface area contributed by atoms with Crippen LogP contribution >= 0.6 is 11.8 Å². The molecule has 1 aromatic rings. The van der Waals surface area contributed by atoms with E-state index in [-0.39, 0.29) is 5.69 Å². The Hall–Kier alpha value is -1.36. The summed E-state index contributed by atoms with van der Waals surface area (Å²) in [6.07, 6.45) is 3.54. The largest absolute Gasteiger partial charge is 0.271 e. The molecule has 0 atom stereocenters. The molecular formula is C9H10N2O2S. The summed E-state index contributed by atoms with van der Waals surface area (Å²) in [7, 11) is 0. The molecule has 0 heterocycles. The highest BCUT2D eigenvalue weighted by atomic mass is 32.2. The average Bonchev–Trinajstić information content (AvgIpc) is 2.18. The van der Waals surface area contributed by atoms with Gasteiger partial charge >= 0.3 is 0 Å². The molecule has 0 unspecified atom stereocenters. The van der Waals surface area contributed by atoms with E-state index >= 15 is 0 Å². The highest BCUT2D eigenvalue weighted by Crippen LogP contribution is 2.31. The van der Waals surface area contributed by atoms with E-state index in [4.69, 9.17) is 0 Å². The van der Waals surface area contributed by atoms with Crippen molar-refractivity contribution < 1.29 is 4.92 Å². The third kappa shape index (κ3) is 2.32. The fourth-order valence-electron chi connectivity index (χ4n) is 1.03. The van der Waals surface area contributed by atoms with Crippen LogP contribution in [0.4, 0.5) is 11.4 Å². The number of nitro benzene ring substituents is 1. The summed E-state index contributed by atoms with van der Waals surface area (Å²) in [5.41, 5.74) is 0.720. The van der Waals surface area contributed by atoms with E-state index in [9.17, 15) is 10.1 Å². The van der Waals surface area contributed by atoms with E-state index in [1.165, 1.54) is 23.9 Å². The minimum absolute atomic E-state index is 0.0726. The molecule has 74 valence electrons. The molecule has 0 aliphatic carbocycles. The Balaban J connectivity index is 3.20. The van der Waals surface area contributed by atoms with Gasteiger partial charge in [0, 0.05) is 23.2 Å².